The van der Waals surface area contributed by atoms with Gasteiger partial charge in [0.05, 0.1) is 13.1 Å². The third-order valence-corrected chi connectivity index (χ3v) is 6.69. The summed E-state index contributed by atoms with van der Waals surface area (Å²) in [4.78, 5) is 27.2. The number of carbonyl (C=O) groups is 1. The largest absolute Gasteiger partial charge is 0.364 e. The molecule has 2 aromatic rings. The smallest absolute Gasteiger partial charge is 0.346 e. The van der Waals surface area contributed by atoms with Crippen LogP contribution >= 0.6 is 0 Å². The zero-order valence-electron chi connectivity index (χ0n) is 16.6. The van der Waals surface area contributed by atoms with Crippen molar-refractivity contribution in [2.75, 3.05) is 13.1 Å². The van der Waals surface area contributed by atoms with E-state index in [2.05, 4.69) is 10.3 Å². The van der Waals surface area contributed by atoms with Gasteiger partial charge in [-0.2, -0.15) is 5.10 Å². The van der Waals surface area contributed by atoms with Crippen molar-refractivity contribution in [3.63, 3.8) is 0 Å². The molecule has 0 aromatic carbocycles. The fraction of sp³-hybridized carbons (Fsp3) is 0.700. The van der Waals surface area contributed by atoms with Crippen molar-refractivity contribution in [1.82, 2.24) is 24.4 Å². The first-order chi connectivity index (χ1) is 14.1. The molecule has 0 bridgehead atoms. The monoisotopic (exact) mass is 401 g/mol. The van der Waals surface area contributed by atoms with Crippen LogP contribution in [0.4, 0.5) is 0 Å². The number of hydrogen-bond acceptors (Lipinski definition) is 6. The molecule has 9 nitrogen and oxygen atoms in total. The van der Waals surface area contributed by atoms with Gasteiger partial charge in [0.2, 0.25) is 0 Å². The molecule has 0 N–H and O–H groups in total. The third-order valence-electron chi connectivity index (χ3n) is 6.69. The summed E-state index contributed by atoms with van der Waals surface area (Å²) in [5, 5.41) is 8.25. The fourth-order valence-electron chi connectivity index (χ4n) is 4.98. The molecule has 2 fully saturated rings. The number of ether oxygens (including phenoxy) is 1. The normalized spacial score (nSPS) is 24.9. The molecule has 2 aromatic heterocycles. The highest BCUT2D eigenvalue weighted by Crippen LogP contribution is 2.32. The SMILES string of the molecule is O=C(c1ccon1)N1CCC2(C1)Cn1c(nn(CCC3CCCCC3)c1=O)CO2. The first kappa shape index (κ1) is 18.6. The van der Waals surface area contributed by atoms with E-state index in [4.69, 9.17) is 9.26 Å². The number of likely N-dealkylation sites (tertiary alicyclic amines) is 1. The van der Waals surface area contributed by atoms with E-state index in [1.54, 1.807) is 20.2 Å². The summed E-state index contributed by atoms with van der Waals surface area (Å²) >= 11 is 0. The number of amides is 1. The van der Waals surface area contributed by atoms with Crippen LogP contribution in [0.2, 0.25) is 0 Å². The lowest BCUT2D eigenvalue weighted by molar-refractivity contribution is -0.0816. The summed E-state index contributed by atoms with van der Waals surface area (Å²) in [6.45, 7) is 2.43. The Balaban J connectivity index is 1.27. The molecule has 9 heteroatoms. The van der Waals surface area contributed by atoms with Gasteiger partial charge in [-0.05, 0) is 18.8 Å². The average Bonchev–Trinajstić information content (AvgIpc) is 3.48. The number of hydrogen-bond donors (Lipinski definition) is 0. The van der Waals surface area contributed by atoms with Gasteiger partial charge in [0, 0.05) is 19.2 Å². The molecule has 0 radical (unpaired) electrons. The average molecular weight is 401 g/mol. The Labute approximate surface area is 168 Å². The summed E-state index contributed by atoms with van der Waals surface area (Å²) in [5.74, 6) is 1.23. The van der Waals surface area contributed by atoms with Crippen LogP contribution in [0.3, 0.4) is 0 Å². The van der Waals surface area contributed by atoms with Crippen molar-refractivity contribution in [2.24, 2.45) is 5.92 Å². The van der Waals surface area contributed by atoms with E-state index in [0.717, 1.165) is 6.42 Å². The van der Waals surface area contributed by atoms with Gasteiger partial charge in [-0.25, -0.2) is 9.48 Å². The molecule has 1 atom stereocenters. The Bertz CT molecular complexity index is 927. The second-order valence-electron chi connectivity index (χ2n) is 8.63. The van der Waals surface area contributed by atoms with Gasteiger partial charge in [-0.15, -0.1) is 0 Å². The highest BCUT2D eigenvalue weighted by Gasteiger charge is 2.45. The fourth-order valence-corrected chi connectivity index (χ4v) is 4.98. The van der Waals surface area contributed by atoms with Crippen LogP contribution in [0.15, 0.2) is 21.6 Å². The summed E-state index contributed by atoms with van der Waals surface area (Å²) in [6, 6.07) is 1.56. The third kappa shape index (κ3) is 3.52. The molecular weight excluding hydrogens is 374 g/mol. The maximum atomic E-state index is 12.9. The molecule has 5 rings (SSSR count). The highest BCUT2D eigenvalue weighted by atomic mass is 16.5. The molecule has 2 aliphatic heterocycles. The van der Waals surface area contributed by atoms with Crippen molar-refractivity contribution in [3.05, 3.63) is 34.3 Å². The zero-order valence-corrected chi connectivity index (χ0v) is 16.6. The minimum Gasteiger partial charge on any atom is -0.364 e. The van der Waals surface area contributed by atoms with E-state index in [9.17, 15) is 9.59 Å². The standard InChI is InChI=1S/C20H27N5O4/c26-18(16-7-11-29-22-16)23-10-8-20(13-23)14-24-17(12-28-20)21-25(19(24)27)9-6-15-4-2-1-3-5-15/h7,11,15H,1-6,8-10,12-14H2. The van der Waals surface area contributed by atoms with E-state index >= 15 is 0 Å². The molecule has 1 saturated heterocycles. The Hall–Kier alpha value is -2.42. The number of aromatic nitrogens is 4. The highest BCUT2D eigenvalue weighted by molar-refractivity contribution is 5.92. The van der Waals surface area contributed by atoms with E-state index in [0.29, 0.717) is 56.6 Å². The number of aryl methyl sites for hydroxylation is 1. The van der Waals surface area contributed by atoms with Crippen LogP contribution in [0, 0.1) is 5.92 Å². The van der Waals surface area contributed by atoms with Gasteiger partial charge >= 0.3 is 5.69 Å². The van der Waals surface area contributed by atoms with Crippen molar-refractivity contribution >= 4 is 5.91 Å². The molecule has 1 aliphatic carbocycles. The van der Waals surface area contributed by atoms with Crippen molar-refractivity contribution in [3.8, 4) is 0 Å². The molecule has 1 spiro atoms. The second kappa shape index (κ2) is 7.44. The Morgan fingerprint density at radius 3 is 2.90 bits per heavy atom. The van der Waals surface area contributed by atoms with Gasteiger partial charge in [0.25, 0.3) is 5.91 Å². The maximum absolute atomic E-state index is 12.9. The molecule has 29 heavy (non-hydrogen) atoms. The minimum absolute atomic E-state index is 0.0558. The summed E-state index contributed by atoms with van der Waals surface area (Å²) < 4.78 is 14.3. The topological polar surface area (TPSA) is 95.4 Å². The van der Waals surface area contributed by atoms with Gasteiger partial charge < -0.3 is 14.2 Å². The lowest BCUT2D eigenvalue weighted by Gasteiger charge is -2.33. The first-order valence-electron chi connectivity index (χ1n) is 10.6. The van der Waals surface area contributed by atoms with E-state index in [1.807, 2.05) is 0 Å². The number of carbonyl (C=O) groups excluding carboxylic acids is 1. The Morgan fingerprint density at radius 1 is 1.24 bits per heavy atom. The molecule has 3 aliphatic rings. The van der Waals surface area contributed by atoms with Crippen molar-refractivity contribution in [2.45, 2.75) is 70.2 Å². The van der Waals surface area contributed by atoms with Gasteiger partial charge in [-0.1, -0.05) is 37.3 Å². The quantitative estimate of drug-likeness (QED) is 0.775. The van der Waals surface area contributed by atoms with Crippen LogP contribution in [0.1, 0.15) is 61.3 Å². The van der Waals surface area contributed by atoms with E-state index < -0.39 is 5.60 Å². The molecule has 1 unspecified atom stereocenters. The van der Waals surface area contributed by atoms with Crippen LogP contribution < -0.4 is 5.69 Å². The van der Waals surface area contributed by atoms with Crippen LogP contribution in [0.25, 0.3) is 0 Å². The van der Waals surface area contributed by atoms with Crippen molar-refractivity contribution in [1.29, 1.82) is 0 Å². The zero-order chi connectivity index (χ0) is 19.8. The van der Waals surface area contributed by atoms with E-state index in [-0.39, 0.29) is 11.6 Å². The minimum atomic E-state index is -0.534. The Kier molecular flexibility index (Phi) is 4.77. The summed E-state index contributed by atoms with van der Waals surface area (Å²) in [5.41, 5.74) is -0.293. The molecule has 1 amide bonds. The maximum Gasteiger partial charge on any atom is 0.346 e. The number of fused-ring (bicyclic) bond motifs is 1. The lowest BCUT2D eigenvalue weighted by atomic mass is 9.87. The number of rotatable bonds is 4. The van der Waals surface area contributed by atoms with Crippen LogP contribution in [0.5, 0.6) is 0 Å². The molecule has 4 heterocycles. The van der Waals surface area contributed by atoms with E-state index in [1.165, 1.54) is 38.4 Å². The first-order valence-corrected chi connectivity index (χ1v) is 10.6. The van der Waals surface area contributed by atoms with Gasteiger partial charge in [0.1, 0.15) is 18.5 Å². The summed E-state index contributed by atoms with van der Waals surface area (Å²) in [7, 11) is 0. The predicted octanol–water partition coefficient (Wildman–Crippen LogP) is 1.82. The van der Waals surface area contributed by atoms with Gasteiger partial charge in [0.15, 0.2) is 11.5 Å². The molecular formula is C20H27N5O4. The number of nitrogens with zero attached hydrogens (tertiary/aromatic N) is 5. The molecule has 1 saturated carbocycles. The predicted molar refractivity (Wildman–Crippen MR) is 102 cm³/mol. The van der Waals surface area contributed by atoms with Crippen LogP contribution in [-0.2, 0) is 24.4 Å². The van der Waals surface area contributed by atoms with Gasteiger partial charge in [-0.3, -0.25) is 9.36 Å². The Morgan fingerprint density at radius 2 is 2.10 bits per heavy atom. The van der Waals surface area contributed by atoms with Crippen LogP contribution in [-0.4, -0.2) is 49.0 Å². The molecule has 156 valence electrons. The van der Waals surface area contributed by atoms with Crippen molar-refractivity contribution < 1.29 is 14.1 Å². The second-order valence-corrected chi connectivity index (χ2v) is 8.63. The summed E-state index contributed by atoms with van der Waals surface area (Å²) in [6.07, 6.45) is 9.58. The lowest BCUT2D eigenvalue weighted by Crippen LogP contribution is -2.47.